The smallest absolute Gasteiger partial charge is 0.315 e. The summed E-state index contributed by atoms with van der Waals surface area (Å²) in [5, 5.41) is 8.69. The molecule has 0 amide bonds. The van der Waals surface area contributed by atoms with E-state index >= 15 is 0 Å². The molecule has 1 N–H and O–H groups in total. The van der Waals surface area contributed by atoms with Gasteiger partial charge >= 0.3 is 23.9 Å². The summed E-state index contributed by atoms with van der Waals surface area (Å²) in [6.45, 7) is 13.5. The maximum absolute atomic E-state index is 12.8. The van der Waals surface area contributed by atoms with Crippen molar-refractivity contribution in [2.45, 2.75) is 113 Å². The highest BCUT2D eigenvalue weighted by molar-refractivity contribution is 5.78. The van der Waals surface area contributed by atoms with Crippen molar-refractivity contribution in [3.05, 3.63) is 0 Å². The fourth-order valence-corrected chi connectivity index (χ4v) is 2.75. The summed E-state index contributed by atoms with van der Waals surface area (Å²) in [5.41, 5.74) is -1.43. The number of rotatable bonds is 13. The summed E-state index contributed by atoms with van der Waals surface area (Å²) >= 11 is 0. The van der Waals surface area contributed by atoms with Crippen LogP contribution >= 0.6 is 0 Å². The van der Waals surface area contributed by atoms with E-state index in [2.05, 4.69) is 0 Å². The molecule has 8 heteroatoms. The van der Waals surface area contributed by atoms with Crippen LogP contribution in [0.15, 0.2) is 0 Å². The molecule has 0 saturated carbocycles. The summed E-state index contributed by atoms with van der Waals surface area (Å²) in [6.07, 6.45) is 2.62. The van der Waals surface area contributed by atoms with Crippen molar-refractivity contribution in [3.63, 3.8) is 0 Å². The summed E-state index contributed by atoms with van der Waals surface area (Å²) in [7, 11) is 0. The largest absolute Gasteiger partial charge is 0.481 e. The molecule has 0 aliphatic heterocycles. The van der Waals surface area contributed by atoms with Crippen molar-refractivity contribution in [2.24, 2.45) is 16.7 Å². The Bertz CT molecular complexity index is 627. The highest BCUT2D eigenvalue weighted by Gasteiger charge is 2.34. The van der Waals surface area contributed by atoms with Gasteiger partial charge in [-0.1, -0.05) is 25.7 Å². The molecular formula is C24H42O8. The molecule has 0 saturated heterocycles. The number of ether oxygens (including phenoxy) is 3. The van der Waals surface area contributed by atoms with Gasteiger partial charge < -0.3 is 19.3 Å². The second-order valence-electron chi connectivity index (χ2n) is 10.3. The highest BCUT2D eigenvalue weighted by atomic mass is 16.7. The van der Waals surface area contributed by atoms with Gasteiger partial charge in [0.15, 0.2) is 0 Å². The van der Waals surface area contributed by atoms with Crippen LogP contribution in [0.5, 0.6) is 0 Å². The summed E-state index contributed by atoms with van der Waals surface area (Å²) in [6, 6.07) is 0. The van der Waals surface area contributed by atoms with Crippen LogP contribution in [0.2, 0.25) is 0 Å². The second kappa shape index (κ2) is 13.4. The van der Waals surface area contributed by atoms with Crippen LogP contribution in [0.3, 0.4) is 0 Å². The lowest BCUT2D eigenvalue weighted by Crippen LogP contribution is -2.37. The molecule has 186 valence electrons. The number of esters is 3. The van der Waals surface area contributed by atoms with Crippen LogP contribution in [0.4, 0.5) is 0 Å². The van der Waals surface area contributed by atoms with Crippen LogP contribution in [-0.2, 0) is 33.4 Å². The molecule has 0 aliphatic rings. The molecule has 0 heterocycles. The zero-order valence-electron chi connectivity index (χ0n) is 21.0. The standard InChI is InChI=1S/C24H42O8/c1-16(30-21(28)23(3,4)5)18(14-12-10-9-11-13-15-19(25)26)20(27)31-17(2)32-22(29)24(6,7)8/h16-18H,9-15H2,1-8H3,(H,25,26). The number of hydrogen-bond donors (Lipinski definition) is 1. The third-order valence-electron chi connectivity index (χ3n) is 4.85. The zero-order valence-corrected chi connectivity index (χ0v) is 21.0. The monoisotopic (exact) mass is 458 g/mol. The van der Waals surface area contributed by atoms with Crippen LogP contribution in [0.1, 0.15) is 100 Å². The lowest BCUT2D eigenvalue weighted by atomic mass is 9.94. The van der Waals surface area contributed by atoms with E-state index in [0.717, 1.165) is 19.3 Å². The third kappa shape index (κ3) is 12.7. The van der Waals surface area contributed by atoms with Crippen LogP contribution in [-0.4, -0.2) is 41.4 Å². The van der Waals surface area contributed by atoms with Crippen molar-refractivity contribution in [3.8, 4) is 0 Å². The minimum atomic E-state index is -1.06. The van der Waals surface area contributed by atoms with Gasteiger partial charge in [-0.25, -0.2) is 0 Å². The third-order valence-corrected chi connectivity index (χ3v) is 4.85. The molecule has 0 aromatic heterocycles. The van der Waals surface area contributed by atoms with Crippen molar-refractivity contribution in [1.29, 1.82) is 0 Å². The Morgan fingerprint density at radius 3 is 1.69 bits per heavy atom. The number of carboxylic acid groups (broad SMARTS) is 1. The first kappa shape index (κ1) is 29.9. The Balaban J connectivity index is 4.96. The maximum atomic E-state index is 12.8. The predicted octanol–water partition coefficient (Wildman–Crippen LogP) is 4.87. The van der Waals surface area contributed by atoms with E-state index in [1.807, 2.05) is 0 Å². The molecule has 0 aliphatic carbocycles. The Kier molecular flexibility index (Phi) is 12.5. The molecule has 3 atom stereocenters. The topological polar surface area (TPSA) is 116 Å². The number of unbranched alkanes of at least 4 members (excludes halogenated alkanes) is 4. The molecule has 0 aromatic carbocycles. The van der Waals surface area contributed by atoms with E-state index in [1.165, 1.54) is 6.92 Å². The van der Waals surface area contributed by atoms with Gasteiger partial charge in [-0.05, 0) is 61.3 Å². The van der Waals surface area contributed by atoms with E-state index in [1.54, 1.807) is 48.5 Å². The van der Waals surface area contributed by atoms with Gasteiger partial charge in [0.2, 0.25) is 6.29 Å². The van der Waals surface area contributed by atoms with Gasteiger partial charge in [0.25, 0.3) is 0 Å². The number of carboxylic acids is 1. The Hall–Kier alpha value is -2.12. The average molecular weight is 459 g/mol. The first-order valence-corrected chi connectivity index (χ1v) is 11.4. The normalized spacial score (nSPS) is 14.8. The minimum Gasteiger partial charge on any atom is -0.481 e. The minimum absolute atomic E-state index is 0.153. The van der Waals surface area contributed by atoms with E-state index in [9.17, 15) is 19.2 Å². The molecule has 8 nitrogen and oxygen atoms in total. The van der Waals surface area contributed by atoms with Gasteiger partial charge in [-0.15, -0.1) is 0 Å². The summed E-state index contributed by atoms with van der Waals surface area (Å²) < 4.78 is 16.1. The lowest BCUT2D eigenvalue weighted by molar-refractivity contribution is -0.196. The van der Waals surface area contributed by atoms with Crippen molar-refractivity contribution in [2.75, 3.05) is 0 Å². The summed E-state index contributed by atoms with van der Waals surface area (Å²) in [5.74, 6) is -2.98. The predicted molar refractivity (Wildman–Crippen MR) is 120 cm³/mol. The lowest BCUT2D eigenvalue weighted by Gasteiger charge is -2.27. The number of hydrogen-bond acceptors (Lipinski definition) is 7. The van der Waals surface area contributed by atoms with E-state index in [0.29, 0.717) is 19.3 Å². The molecular weight excluding hydrogens is 416 g/mol. The quantitative estimate of drug-likeness (QED) is 0.236. The van der Waals surface area contributed by atoms with Crippen LogP contribution < -0.4 is 0 Å². The fourth-order valence-electron chi connectivity index (χ4n) is 2.75. The Morgan fingerprint density at radius 2 is 1.19 bits per heavy atom. The van der Waals surface area contributed by atoms with Crippen LogP contribution in [0, 0.1) is 16.7 Å². The van der Waals surface area contributed by atoms with E-state index in [-0.39, 0.29) is 6.42 Å². The molecule has 0 rings (SSSR count). The zero-order chi connectivity index (χ0) is 25.1. The Labute approximate surface area is 192 Å². The SMILES string of the molecule is CC(OC(=O)C(CCCCCCCC(=O)O)C(C)OC(=O)C(C)(C)C)OC(=O)C(C)(C)C. The van der Waals surface area contributed by atoms with Gasteiger partial charge in [0, 0.05) is 13.3 Å². The van der Waals surface area contributed by atoms with Crippen molar-refractivity contribution >= 4 is 23.9 Å². The van der Waals surface area contributed by atoms with Crippen molar-refractivity contribution in [1.82, 2.24) is 0 Å². The summed E-state index contributed by atoms with van der Waals surface area (Å²) in [4.78, 5) is 47.7. The van der Waals surface area contributed by atoms with Gasteiger partial charge in [-0.2, -0.15) is 0 Å². The number of carbonyl (C=O) groups is 4. The first-order chi connectivity index (χ1) is 14.6. The van der Waals surface area contributed by atoms with Crippen molar-refractivity contribution < 1.29 is 38.5 Å². The molecule has 0 bridgehead atoms. The maximum Gasteiger partial charge on any atom is 0.315 e. The van der Waals surface area contributed by atoms with E-state index in [4.69, 9.17) is 19.3 Å². The molecule has 32 heavy (non-hydrogen) atoms. The molecule has 0 fully saturated rings. The first-order valence-electron chi connectivity index (χ1n) is 11.4. The van der Waals surface area contributed by atoms with Crippen LogP contribution in [0.25, 0.3) is 0 Å². The van der Waals surface area contributed by atoms with Gasteiger partial charge in [-0.3, -0.25) is 19.2 Å². The second-order valence-corrected chi connectivity index (χ2v) is 10.3. The van der Waals surface area contributed by atoms with Gasteiger partial charge in [0.05, 0.1) is 16.7 Å². The highest BCUT2D eigenvalue weighted by Crippen LogP contribution is 2.24. The molecule has 0 spiro atoms. The number of carbonyl (C=O) groups excluding carboxylic acids is 3. The molecule has 3 unspecified atom stereocenters. The number of aliphatic carboxylic acids is 1. The van der Waals surface area contributed by atoms with Gasteiger partial charge in [0.1, 0.15) is 6.10 Å². The Morgan fingerprint density at radius 1 is 0.719 bits per heavy atom. The van der Waals surface area contributed by atoms with E-state index < -0.39 is 53.0 Å². The average Bonchev–Trinajstić information content (AvgIpc) is 2.61. The molecule has 0 aromatic rings. The fraction of sp³-hybridized carbons (Fsp3) is 0.833. The molecule has 0 radical (unpaired) electrons.